The minimum atomic E-state index is -4.52. The molecule has 0 saturated carbocycles. The number of methoxy groups -OCH3 is 1. The van der Waals surface area contributed by atoms with Crippen molar-refractivity contribution in [3.8, 4) is 0 Å². The number of nitrogens with zero attached hydrogens (tertiary/aromatic N) is 1. The van der Waals surface area contributed by atoms with E-state index in [0.29, 0.717) is 0 Å². The number of hydrogen-bond donors (Lipinski definition) is 1. The zero-order valence-electron chi connectivity index (χ0n) is 10.9. The third-order valence-corrected chi connectivity index (χ3v) is 3.53. The van der Waals surface area contributed by atoms with Crippen molar-refractivity contribution in [2.45, 2.75) is 24.7 Å². The fourth-order valence-corrected chi connectivity index (χ4v) is 2.55. The zero-order valence-corrected chi connectivity index (χ0v) is 11.7. The summed E-state index contributed by atoms with van der Waals surface area (Å²) >= 11 is 5.87. The van der Waals surface area contributed by atoms with Gasteiger partial charge in [-0.2, -0.15) is 13.2 Å². The molecule has 2 atom stereocenters. The molecule has 0 spiro atoms. The Balaban J connectivity index is 2.34. The maximum atomic E-state index is 12.6. The molecular formula is C12H13ClF3N2O3+. The molecule has 0 bridgehead atoms. The lowest BCUT2D eigenvalue weighted by Gasteiger charge is -2.17. The van der Waals surface area contributed by atoms with Crippen molar-refractivity contribution in [1.82, 2.24) is 0 Å². The Kier molecular flexibility index (Phi) is 4.29. The molecule has 2 rings (SSSR count). The Morgan fingerprint density at radius 2 is 2.24 bits per heavy atom. The first-order chi connectivity index (χ1) is 9.74. The molecule has 21 heavy (non-hydrogen) atoms. The van der Waals surface area contributed by atoms with E-state index < -0.39 is 29.9 Å². The molecule has 0 unspecified atom stereocenters. The molecule has 1 aromatic heterocycles. The first kappa shape index (κ1) is 15.8. The number of aromatic amines is 1. The van der Waals surface area contributed by atoms with Crippen LogP contribution in [-0.2, 0) is 15.7 Å². The number of aromatic nitrogens is 1. The second kappa shape index (κ2) is 5.69. The maximum Gasteiger partial charge on any atom is 0.419 e. The quantitative estimate of drug-likeness (QED) is 0.832. The molecule has 9 heteroatoms. The summed E-state index contributed by atoms with van der Waals surface area (Å²) in [5.41, 5.74) is -0.925. The van der Waals surface area contributed by atoms with Gasteiger partial charge in [-0.15, -0.1) is 0 Å². The predicted octanol–water partition coefficient (Wildman–Crippen LogP) is 1.29. The first-order valence-electron chi connectivity index (χ1n) is 6.05. The third kappa shape index (κ3) is 3.21. The number of pyridine rings is 1. The summed E-state index contributed by atoms with van der Waals surface area (Å²) in [5.74, 6) is -0.451. The molecule has 0 amide bonds. The van der Waals surface area contributed by atoms with Crippen molar-refractivity contribution in [3.05, 3.63) is 22.8 Å². The highest BCUT2D eigenvalue weighted by atomic mass is 35.5. The number of carbonyl (C=O) groups excluding carboxylic acids is 1. The number of hydrogen-bond acceptors (Lipinski definition) is 4. The molecule has 1 aliphatic heterocycles. The van der Waals surface area contributed by atoms with Crippen molar-refractivity contribution >= 4 is 23.4 Å². The largest absolute Gasteiger partial charge is 0.466 e. The van der Waals surface area contributed by atoms with Crippen molar-refractivity contribution in [1.29, 1.82) is 0 Å². The van der Waals surface area contributed by atoms with E-state index in [1.807, 2.05) is 0 Å². The smallest absolute Gasteiger partial charge is 0.419 e. The second-order valence-electron chi connectivity index (χ2n) is 4.66. The molecular weight excluding hydrogens is 313 g/mol. The van der Waals surface area contributed by atoms with Crippen LogP contribution in [-0.4, -0.2) is 36.9 Å². The average molecular weight is 326 g/mol. The lowest BCUT2D eigenvalue weighted by atomic mass is 10.2. The number of aliphatic hydroxyl groups excluding tert-OH is 1. The Morgan fingerprint density at radius 1 is 1.57 bits per heavy atom. The van der Waals surface area contributed by atoms with Gasteiger partial charge in [-0.05, 0) is 6.07 Å². The summed E-state index contributed by atoms with van der Waals surface area (Å²) in [5, 5.41) is 9.48. The van der Waals surface area contributed by atoms with Gasteiger partial charge in [0.25, 0.3) is 5.82 Å². The van der Waals surface area contributed by atoms with Gasteiger partial charge in [-0.3, -0.25) is 0 Å². The number of H-pyrrole nitrogens is 1. The highest BCUT2D eigenvalue weighted by molar-refractivity contribution is 6.32. The van der Waals surface area contributed by atoms with E-state index in [1.165, 1.54) is 12.0 Å². The third-order valence-electron chi connectivity index (χ3n) is 3.24. The molecule has 1 aromatic rings. The van der Waals surface area contributed by atoms with Crippen LogP contribution in [0.15, 0.2) is 12.3 Å². The van der Waals surface area contributed by atoms with E-state index in [9.17, 15) is 23.1 Å². The van der Waals surface area contributed by atoms with Gasteiger partial charge in [-0.1, -0.05) is 11.6 Å². The van der Waals surface area contributed by atoms with Gasteiger partial charge in [0.05, 0.1) is 18.8 Å². The number of esters is 1. The molecule has 1 aliphatic rings. The van der Waals surface area contributed by atoms with E-state index in [4.69, 9.17) is 11.6 Å². The average Bonchev–Trinajstić information content (AvgIpc) is 2.78. The molecule has 0 radical (unpaired) electrons. The first-order valence-corrected chi connectivity index (χ1v) is 6.42. The monoisotopic (exact) mass is 325 g/mol. The highest BCUT2D eigenvalue weighted by Crippen LogP contribution is 2.34. The molecule has 2 N–H and O–H groups in total. The summed E-state index contributed by atoms with van der Waals surface area (Å²) in [6, 6.07) is -0.0256. The number of anilines is 1. The van der Waals surface area contributed by atoms with Crippen LogP contribution < -0.4 is 9.88 Å². The van der Waals surface area contributed by atoms with Gasteiger partial charge >= 0.3 is 12.1 Å². The van der Waals surface area contributed by atoms with E-state index >= 15 is 0 Å². The van der Waals surface area contributed by atoms with Gasteiger partial charge in [0, 0.05) is 6.42 Å². The number of halogens is 4. The predicted molar refractivity (Wildman–Crippen MR) is 66.8 cm³/mol. The van der Waals surface area contributed by atoms with Crippen molar-refractivity contribution in [2.75, 3.05) is 18.6 Å². The van der Waals surface area contributed by atoms with E-state index in [2.05, 4.69) is 9.72 Å². The Morgan fingerprint density at radius 3 is 2.76 bits per heavy atom. The fraction of sp³-hybridized carbons (Fsp3) is 0.500. The van der Waals surface area contributed by atoms with Crippen LogP contribution in [0.2, 0.25) is 5.02 Å². The van der Waals surface area contributed by atoms with Crippen LogP contribution in [0, 0.1) is 0 Å². The van der Waals surface area contributed by atoms with Gasteiger partial charge < -0.3 is 9.84 Å². The van der Waals surface area contributed by atoms with Crippen molar-refractivity contribution < 1.29 is 32.8 Å². The number of carbonyl (C=O) groups is 1. The van der Waals surface area contributed by atoms with Gasteiger partial charge in [-0.25, -0.2) is 14.7 Å². The molecule has 0 aromatic carbocycles. The Labute approximate surface area is 123 Å². The number of aliphatic hydroxyl groups is 1. The lowest BCUT2D eigenvalue weighted by molar-refractivity contribution is -0.367. The van der Waals surface area contributed by atoms with E-state index in [-0.39, 0.29) is 23.8 Å². The summed E-state index contributed by atoms with van der Waals surface area (Å²) < 4.78 is 42.4. The second-order valence-corrected chi connectivity index (χ2v) is 5.07. The van der Waals surface area contributed by atoms with Gasteiger partial charge in [0.15, 0.2) is 6.04 Å². The summed E-state index contributed by atoms with van der Waals surface area (Å²) in [6.07, 6.45) is -4.43. The Bertz CT molecular complexity index is 553. The van der Waals surface area contributed by atoms with E-state index in [1.54, 1.807) is 0 Å². The number of nitrogens with one attached hydrogen (secondary N) is 1. The molecule has 1 saturated heterocycles. The van der Waals surface area contributed by atoms with Gasteiger partial charge in [0.2, 0.25) is 0 Å². The lowest BCUT2D eigenvalue weighted by Crippen LogP contribution is -2.40. The van der Waals surface area contributed by atoms with Crippen LogP contribution in [0.1, 0.15) is 12.0 Å². The number of rotatable bonds is 2. The SMILES string of the molecule is COC(=O)[C@@H]1C[C@H](O)CN1c1[nH+]cc(C(F)(F)F)cc1Cl. The zero-order chi connectivity index (χ0) is 15.8. The number of ether oxygens (including phenoxy) is 1. The Hall–Kier alpha value is -1.54. The number of β-amino-alcohol motifs (C(OH)–C–C–N with tert-alkyl or cyclic N) is 1. The summed E-state index contributed by atoms with van der Waals surface area (Å²) in [6.45, 7) is 0.0708. The van der Waals surface area contributed by atoms with Crippen LogP contribution in [0.5, 0.6) is 0 Å². The van der Waals surface area contributed by atoms with Crippen molar-refractivity contribution in [2.24, 2.45) is 0 Å². The molecule has 2 heterocycles. The summed E-state index contributed by atoms with van der Waals surface area (Å²) in [7, 11) is 1.20. The van der Waals surface area contributed by atoms with Crippen LogP contribution in [0.3, 0.4) is 0 Å². The standard InChI is InChI=1S/C12H12ClF3N2O3/c1-21-11(20)9-3-7(19)5-18(9)10-8(13)2-6(4-17-10)12(14,15)16/h2,4,7,9,19H,3,5H2,1H3/p+1/t7-,9-/m0/s1. The minimum absolute atomic E-state index is 0.0708. The van der Waals surface area contributed by atoms with Crippen LogP contribution in [0.4, 0.5) is 19.0 Å². The normalized spacial score (nSPS) is 22.5. The maximum absolute atomic E-state index is 12.6. The minimum Gasteiger partial charge on any atom is -0.466 e. The fourth-order valence-electron chi connectivity index (χ4n) is 2.27. The highest BCUT2D eigenvalue weighted by Gasteiger charge is 2.44. The summed E-state index contributed by atoms with van der Waals surface area (Å²) in [4.78, 5) is 15.5. The van der Waals surface area contributed by atoms with Crippen molar-refractivity contribution in [3.63, 3.8) is 0 Å². The van der Waals surface area contributed by atoms with Crippen LogP contribution in [0.25, 0.3) is 0 Å². The van der Waals surface area contributed by atoms with Crippen LogP contribution >= 0.6 is 11.6 Å². The van der Waals surface area contributed by atoms with Gasteiger partial charge in [0.1, 0.15) is 17.8 Å². The molecule has 5 nitrogen and oxygen atoms in total. The van der Waals surface area contributed by atoms with E-state index in [0.717, 1.165) is 12.3 Å². The molecule has 0 aliphatic carbocycles. The molecule has 1 fully saturated rings. The number of alkyl halides is 3. The topological polar surface area (TPSA) is 63.9 Å². The molecule has 116 valence electrons.